The van der Waals surface area contributed by atoms with Gasteiger partial charge in [0.05, 0.1) is 12.6 Å². The Hall–Kier alpha value is -1.81. The zero-order valence-electron chi connectivity index (χ0n) is 14.9. The first-order chi connectivity index (χ1) is 10.6. The van der Waals surface area contributed by atoms with Crippen LogP contribution in [-0.4, -0.2) is 35.0 Å². The summed E-state index contributed by atoms with van der Waals surface area (Å²) in [4.78, 5) is 14.3. The van der Waals surface area contributed by atoms with Crippen molar-refractivity contribution < 1.29 is 14.3 Å². The first-order valence-corrected chi connectivity index (χ1v) is 8.00. The van der Waals surface area contributed by atoms with Gasteiger partial charge in [-0.25, -0.2) is 4.79 Å². The van der Waals surface area contributed by atoms with Crippen LogP contribution in [0.3, 0.4) is 0 Å². The minimum atomic E-state index is -0.680. The van der Waals surface area contributed by atoms with Crippen molar-refractivity contribution in [1.29, 1.82) is 0 Å². The lowest BCUT2D eigenvalue weighted by Crippen LogP contribution is -2.49. The standard InChI is InChI=1S/C19H27NO3/c1-14(15-10-8-7-9-11-15)12-16-13-22-19(5,6)20(16)17(21)23-18(2,3)4/h7-12,16H,13H2,1-6H3/b14-12+/t16-/m0/s1. The van der Waals surface area contributed by atoms with Gasteiger partial charge < -0.3 is 9.47 Å². The molecule has 1 saturated heterocycles. The van der Waals surface area contributed by atoms with Gasteiger partial charge >= 0.3 is 6.09 Å². The van der Waals surface area contributed by atoms with E-state index in [2.05, 4.69) is 18.2 Å². The molecule has 0 aromatic heterocycles. The molecular formula is C19H27NO3. The van der Waals surface area contributed by atoms with Crippen molar-refractivity contribution in [2.24, 2.45) is 0 Å². The number of benzene rings is 1. The number of ether oxygens (including phenoxy) is 2. The average Bonchev–Trinajstić information content (AvgIpc) is 2.72. The van der Waals surface area contributed by atoms with Crippen LogP contribution in [-0.2, 0) is 9.47 Å². The quantitative estimate of drug-likeness (QED) is 0.808. The Balaban J connectivity index is 2.25. The van der Waals surface area contributed by atoms with Crippen LogP contribution >= 0.6 is 0 Å². The predicted octanol–water partition coefficient (Wildman–Crippen LogP) is 4.46. The Morgan fingerprint density at radius 1 is 1.30 bits per heavy atom. The minimum Gasteiger partial charge on any atom is -0.444 e. The number of rotatable bonds is 2. The number of nitrogens with zero attached hydrogens (tertiary/aromatic N) is 1. The third-order valence-corrected chi connectivity index (χ3v) is 3.78. The minimum absolute atomic E-state index is 0.139. The SMILES string of the molecule is C/C(=C\[C@H]1COC(C)(C)N1C(=O)OC(C)(C)C)c1ccccc1. The highest BCUT2D eigenvalue weighted by atomic mass is 16.6. The fourth-order valence-corrected chi connectivity index (χ4v) is 2.71. The molecule has 0 saturated carbocycles. The number of carbonyl (C=O) groups is 1. The second-order valence-corrected chi connectivity index (χ2v) is 7.39. The highest BCUT2D eigenvalue weighted by Crippen LogP contribution is 2.31. The summed E-state index contributed by atoms with van der Waals surface area (Å²) in [5.74, 6) is 0. The smallest absolute Gasteiger partial charge is 0.413 e. The number of amides is 1. The molecule has 4 nitrogen and oxygen atoms in total. The van der Waals surface area contributed by atoms with E-state index >= 15 is 0 Å². The van der Waals surface area contributed by atoms with Crippen molar-refractivity contribution >= 4 is 11.7 Å². The van der Waals surface area contributed by atoms with Crippen molar-refractivity contribution in [3.63, 3.8) is 0 Å². The summed E-state index contributed by atoms with van der Waals surface area (Å²) in [6.07, 6.45) is 1.73. The normalized spacial score (nSPS) is 21.4. The second-order valence-electron chi connectivity index (χ2n) is 7.39. The predicted molar refractivity (Wildman–Crippen MR) is 92.0 cm³/mol. The fourth-order valence-electron chi connectivity index (χ4n) is 2.71. The summed E-state index contributed by atoms with van der Waals surface area (Å²) >= 11 is 0. The van der Waals surface area contributed by atoms with Crippen molar-refractivity contribution in [3.05, 3.63) is 42.0 Å². The summed E-state index contributed by atoms with van der Waals surface area (Å²) in [5, 5.41) is 0. The van der Waals surface area contributed by atoms with Gasteiger partial charge in [0.25, 0.3) is 0 Å². The number of carbonyl (C=O) groups excluding carboxylic acids is 1. The molecule has 2 rings (SSSR count). The van der Waals surface area contributed by atoms with Gasteiger partial charge in [-0.1, -0.05) is 36.4 Å². The van der Waals surface area contributed by atoms with Gasteiger partial charge in [0.2, 0.25) is 0 Å². The number of hydrogen-bond acceptors (Lipinski definition) is 3. The molecule has 23 heavy (non-hydrogen) atoms. The molecule has 4 heteroatoms. The van der Waals surface area contributed by atoms with E-state index in [9.17, 15) is 4.79 Å². The number of hydrogen-bond donors (Lipinski definition) is 0. The van der Waals surface area contributed by atoms with Gasteiger partial charge in [-0.3, -0.25) is 4.90 Å². The zero-order valence-corrected chi connectivity index (χ0v) is 14.9. The van der Waals surface area contributed by atoms with Gasteiger partial charge in [0, 0.05) is 0 Å². The maximum Gasteiger partial charge on any atom is 0.413 e. The van der Waals surface area contributed by atoms with E-state index < -0.39 is 11.3 Å². The molecule has 0 aliphatic carbocycles. The molecule has 1 aliphatic rings. The topological polar surface area (TPSA) is 38.8 Å². The molecule has 1 aromatic carbocycles. The maximum atomic E-state index is 12.6. The van der Waals surface area contributed by atoms with Gasteiger partial charge in [-0.15, -0.1) is 0 Å². The molecular weight excluding hydrogens is 290 g/mol. The Labute approximate surface area is 139 Å². The van der Waals surface area contributed by atoms with Crippen LogP contribution in [0.25, 0.3) is 5.57 Å². The van der Waals surface area contributed by atoms with Crippen LogP contribution in [0.15, 0.2) is 36.4 Å². The van der Waals surface area contributed by atoms with Crippen LogP contribution in [0.5, 0.6) is 0 Å². The lowest BCUT2D eigenvalue weighted by molar-refractivity contribution is -0.0610. The van der Waals surface area contributed by atoms with Gasteiger partial charge in [-0.2, -0.15) is 0 Å². The van der Waals surface area contributed by atoms with E-state index in [0.717, 1.165) is 11.1 Å². The van der Waals surface area contributed by atoms with Gasteiger partial charge in [-0.05, 0) is 52.7 Å². The van der Waals surface area contributed by atoms with E-state index in [1.54, 1.807) is 4.90 Å². The summed E-state index contributed by atoms with van der Waals surface area (Å²) in [5.41, 5.74) is 1.05. The molecule has 1 atom stereocenters. The summed E-state index contributed by atoms with van der Waals surface area (Å²) in [6.45, 7) is 11.9. The van der Waals surface area contributed by atoms with E-state index in [1.165, 1.54) is 0 Å². The molecule has 0 bridgehead atoms. The Kier molecular flexibility index (Phi) is 4.85. The molecule has 0 N–H and O–H groups in total. The van der Waals surface area contributed by atoms with E-state index in [-0.39, 0.29) is 12.1 Å². The van der Waals surface area contributed by atoms with Gasteiger partial charge in [0.1, 0.15) is 11.3 Å². The third kappa shape index (κ3) is 4.35. The molecule has 0 unspecified atom stereocenters. The molecule has 1 aromatic rings. The average molecular weight is 317 g/mol. The highest BCUT2D eigenvalue weighted by Gasteiger charge is 2.44. The van der Waals surface area contributed by atoms with Crippen molar-refractivity contribution in [3.8, 4) is 0 Å². The zero-order chi connectivity index (χ0) is 17.3. The Bertz CT molecular complexity index is 584. The lowest BCUT2D eigenvalue weighted by atomic mass is 10.0. The van der Waals surface area contributed by atoms with Crippen LogP contribution in [0.1, 0.15) is 47.1 Å². The van der Waals surface area contributed by atoms with Crippen LogP contribution < -0.4 is 0 Å². The maximum absolute atomic E-state index is 12.6. The van der Waals surface area contributed by atoms with Crippen LogP contribution in [0.2, 0.25) is 0 Å². The monoisotopic (exact) mass is 317 g/mol. The molecule has 1 aliphatic heterocycles. The summed E-state index contributed by atoms with van der Waals surface area (Å²) in [6, 6.07) is 9.99. The molecule has 1 fully saturated rings. The molecule has 0 radical (unpaired) electrons. The molecule has 0 spiro atoms. The van der Waals surface area contributed by atoms with Gasteiger partial charge in [0.15, 0.2) is 0 Å². The van der Waals surface area contributed by atoms with Crippen LogP contribution in [0, 0.1) is 0 Å². The van der Waals surface area contributed by atoms with E-state index in [0.29, 0.717) is 6.61 Å². The largest absolute Gasteiger partial charge is 0.444 e. The van der Waals surface area contributed by atoms with E-state index in [1.807, 2.05) is 59.7 Å². The second kappa shape index (κ2) is 6.36. The summed E-state index contributed by atoms with van der Waals surface area (Å²) in [7, 11) is 0. The van der Waals surface area contributed by atoms with Crippen molar-refractivity contribution in [1.82, 2.24) is 4.90 Å². The first-order valence-electron chi connectivity index (χ1n) is 8.00. The molecule has 126 valence electrons. The highest BCUT2D eigenvalue weighted by molar-refractivity contribution is 5.71. The number of allylic oxidation sites excluding steroid dienone is 1. The molecule has 1 heterocycles. The summed E-state index contributed by atoms with van der Waals surface area (Å²) < 4.78 is 11.4. The Morgan fingerprint density at radius 3 is 2.48 bits per heavy atom. The van der Waals surface area contributed by atoms with E-state index in [4.69, 9.17) is 9.47 Å². The first kappa shape index (κ1) is 17.5. The lowest BCUT2D eigenvalue weighted by Gasteiger charge is -2.34. The van der Waals surface area contributed by atoms with Crippen LogP contribution in [0.4, 0.5) is 4.79 Å². The Morgan fingerprint density at radius 2 is 1.91 bits per heavy atom. The third-order valence-electron chi connectivity index (χ3n) is 3.78. The van der Waals surface area contributed by atoms with Crippen molar-refractivity contribution in [2.75, 3.05) is 6.61 Å². The fraction of sp³-hybridized carbons (Fsp3) is 0.526. The van der Waals surface area contributed by atoms with Crippen molar-refractivity contribution in [2.45, 2.75) is 58.9 Å². The molecule has 1 amide bonds.